The molecule has 2 aromatic carbocycles. The van der Waals surface area contributed by atoms with Crippen LogP contribution in [-0.4, -0.2) is 26.3 Å². The molecule has 2 aromatic heterocycles. The summed E-state index contributed by atoms with van der Waals surface area (Å²) in [6, 6.07) is 13.4. The molecule has 204 valence electrons. The van der Waals surface area contributed by atoms with Gasteiger partial charge >= 0.3 is 11.5 Å². The summed E-state index contributed by atoms with van der Waals surface area (Å²) in [5.74, 6) is 0.293. The number of thioether (sulfide) groups is 1. The van der Waals surface area contributed by atoms with Crippen molar-refractivity contribution in [2.24, 2.45) is 0 Å². The first-order chi connectivity index (χ1) is 18.3. The number of halogens is 4. The van der Waals surface area contributed by atoms with Gasteiger partial charge in [-0.1, -0.05) is 20.8 Å². The van der Waals surface area contributed by atoms with Crippen molar-refractivity contribution >= 4 is 35.1 Å². The van der Waals surface area contributed by atoms with Gasteiger partial charge < -0.3 is 15.8 Å². The van der Waals surface area contributed by atoms with Gasteiger partial charge in [0.05, 0.1) is 17.1 Å². The van der Waals surface area contributed by atoms with E-state index in [0.29, 0.717) is 17.1 Å². The smallest absolute Gasteiger partial charge is 0.446 e. The third-order valence-corrected chi connectivity index (χ3v) is 5.95. The lowest BCUT2D eigenvalue weighted by molar-refractivity contribution is -0.0328. The maximum Gasteiger partial charge on any atom is 0.446 e. The van der Waals surface area contributed by atoms with Gasteiger partial charge in [-0.15, -0.1) is 0 Å². The molecule has 0 aliphatic heterocycles. The number of nitrogens with one attached hydrogen (secondary N) is 2. The number of rotatable bonds is 6. The summed E-state index contributed by atoms with van der Waals surface area (Å²) < 4.78 is 59.8. The SMILES string of the molecule is CC(C)(C)c1cc(NC(=O)Nc2ccc(Oc3ccnc(N)c3)cc2F)n(-c2ccc(SC(F)(F)F)cc2)n1. The third kappa shape index (κ3) is 7.41. The van der Waals surface area contributed by atoms with Crippen molar-refractivity contribution in [2.75, 3.05) is 16.4 Å². The van der Waals surface area contributed by atoms with Crippen LogP contribution in [0.2, 0.25) is 0 Å². The highest BCUT2D eigenvalue weighted by molar-refractivity contribution is 8.00. The fourth-order valence-electron chi connectivity index (χ4n) is 3.38. The number of hydrogen-bond acceptors (Lipinski definition) is 6. The number of hydrogen-bond donors (Lipinski definition) is 3. The molecule has 8 nitrogen and oxygen atoms in total. The van der Waals surface area contributed by atoms with Crippen LogP contribution in [0.5, 0.6) is 11.5 Å². The van der Waals surface area contributed by atoms with E-state index in [9.17, 15) is 22.4 Å². The van der Waals surface area contributed by atoms with E-state index in [4.69, 9.17) is 10.5 Å². The van der Waals surface area contributed by atoms with Crippen LogP contribution in [0.1, 0.15) is 26.5 Å². The summed E-state index contributed by atoms with van der Waals surface area (Å²) in [6.07, 6.45) is 1.45. The molecule has 4 rings (SSSR count). The van der Waals surface area contributed by atoms with E-state index in [1.165, 1.54) is 53.3 Å². The molecule has 13 heteroatoms. The average molecular weight is 561 g/mol. The van der Waals surface area contributed by atoms with Gasteiger partial charge in [-0.05, 0) is 54.2 Å². The number of alkyl halides is 3. The van der Waals surface area contributed by atoms with Gasteiger partial charge in [0.25, 0.3) is 0 Å². The summed E-state index contributed by atoms with van der Waals surface area (Å²) in [7, 11) is 0. The van der Waals surface area contributed by atoms with Crippen LogP contribution < -0.4 is 21.1 Å². The van der Waals surface area contributed by atoms with Crippen molar-refractivity contribution in [3.05, 3.63) is 78.4 Å². The highest BCUT2D eigenvalue weighted by Crippen LogP contribution is 2.37. The average Bonchev–Trinajstić information content (AvgIpc) is 3.24. The lowest BCUT2D eigenvalue weighted by Gasteiger charge is -2.14. The van der Waals surface area contributed by atoms with Crippen LogP contribution in [0, 0.1) is 5.82 Å². The van der Waals surface area contributed by atoms with Crippen LogP contribution >= 0.6 is 11.8 Å². The van der Waals surface area contributed by atoms with Gasteiger partial charge in [-0.3, -0.25) is 5.32 Å². The number of amides is 2. The van der Waals surface area contributed by atoms with Gasteiger partial charge in [0.2, 0.25) is 0 Å². The van der Waals surface area contributed by atoms with Gasteiger partial charge in [0.1, 0.15) is 29.0 Å². The molecule has 0 fully saturated rings. The number of aromatic nitrogens is 3. The van der Waals surface area contributed by atoms with Crippen molar-refractivity contribution < 1.29 is 27.1 Å². The maximum atomic E-state index is 14.7. The Balaban J connectivity index is 1.52. The number of carbonyl (C=O) groups excluding carboxylic acids is 1. The second-order valence-corrected chi connectivity index (χ2v) is 10.5. The summed E-state index contributed by atoms with van der Waals surface area (Å²) in [5, 5.41) is 9.61. The Hall–Kier alpha value is -4.26. The lowest BCUT2D eigenvalue weighted by atomic mass is 9.92. The molecule has 2 amide bonds. The summed E-state index contributed by atoms with van der Waals surface area (Å²) in [5.41, 5.74) is 1.75. The highest BCUT2D eigenvalue weighted by atomic mass is 32.2. The highest BCUT2D eigenvalue weighted by Gasteiger charge is 2.29. The van der Waals surface area contributed by atoms with E-state index in [-0.39, 0.29) is 39.7 Å². The van der Waals surface area contributed by atoms with Crippen LogP contribution in [0.4, 0.5) is 39.7 Å². The lowest BCUT2D eigenvalue weighted by Crippen LogP contribution is -2.22. The number of urea groups is 1. The van der Waals surface area contributed by atoms with E-state index >= 15 is 0 Å². The van der Waals surface area contributed by atoms with E-state index in [0.717, 1.165) is 6.07 Å². The molecule has 2 heterocycles. The zero-order chi connectivity index (χ0) is 28.4. The Labute approximate surface area is 225 Å². The molecule has 0 atom stereocenters. The Bertz CT molecular complexity index is 1480. The fraction of sp³-hybridized carbons (Fsp3) is 0.192. The summed E-state index contributed by atoms with van der Waals surface area (Å²) >= 11 is -0.229. The van der Waals surface area contributed by atoms with E-state index in [1.54, 1.807) is 12.1 Å². The quantitative estimate of drug-likeness (QED) is 0.168. The van der Waals surface area contributed by atoms with Gasteiger partial charge in [-0.2, -0.15) is 18.3 Å². The molecule has 0 saturated heterocycles. The van der Waals surface area contributed by atoms with Crippen molar-refractivity contribution in [3.63, 3.8) is 0 Å². The molecule has 0 unspecified atom stereocenters. The van der Waals surface area contributed by atoms with Crippen molar-refractivity contribution in [3.8, 4) is 17.2 Å². The van der Waals surface area contributed by atoms with E-state index in [1.807, 2.05) is 20.8 Å². The number of nitrogens with zero attached hydrogens (tertiary/aromatic N) is 3. The first kappa shape index (κ1) is 27.8. The molecular weight excluding hydrogens is 536 g/mol. The first-order valence-electron chi connectivity index (χ1n) is 11.5. The molecule has 39 heavy (non-hydrogen) atoms. The predicted molar refractivity (Wildman–Crippen MR) is 142 cm³/mol. The number of carbonyl (C=O) groups is 1. The number of ether oxygens (including phenoxy) is 1. The van der Waals surface area contributed by atoms with Gasteiger partial charge in [-0.25, -0.2) is 18.9 Å². The molecule has 0 bridgehead atoms. The Morgan fingerprint density at radius 3 is 2.28 bits per heavy atom. The van der Waals surface area contributed by atoms with E-state index < -0.39 is 22.8 Å². The standard InChI is InChI=1S/C26H24F4N6O2S/c1-25(2,3)21-14-23(36(35-21)15-4-7-18(8-5-15)39-26(28,29)30)34-24(37)33-20-9-6-16(12-19(20)27)38-17-10-11-32-22(31)13-17/h4-14H,1-3H3,(H2,31,32)(H2,33,34,37). The molecule has 4 N–H and O–H groups in total. The van der Waals surface area contributed by atoms with Crippen LogP contribution in [0.3, 0.4) is 0 Å². The molecule has 0 aliphatic rings. The number of nitrogens with two attached hydrogens (primary N) is 1. The fourth-order valence-corrected chi connectivity index (χ4v) is 3.92. The molecule has 0 aliphatic carbocycles. The monoisotopic (exact) mass is 560 g/mol. The first-order valence-corrected chi connectivity index (χ1v) is 12.3. The zero-order valence-corrected chi connectivity index (χ0v) is 21.8. The number of benzene rings is 2. The zero-order valence-electron chi connectivity index (χ0n) is 21.0. The summed E-state index contributed by atoms with van der Waals surface area (Å²) in [4.78, 5) is 16.7. The third-order valence-electron chi connectivity index (χ3n) is 5.21. The molecule has 0 radical (unpaired) electrons. The number of pyridine rings is 1. The van der Waals surface area contributed by atoms with Gasteiger partial charge in [0.15, 0.2) is 0 Å². The number of nitrogen functional groups attached to an aromatic ring is 1. The topological polar surface area (TPSA) is 107 Å². The normalized spacial score (nSPS) is 11.8. The molecule has 4 aromatic rings. The number of anilines is 3. The Kier molecular flexibility index (Phi) is 7.72. The van der Waals surface area contributed by atoms with Crippen LogP contribution in [0.15, 0.2) is 71.8 Å². The molecule has 0 spiro atoms. The second-order valence-electron chi connectivity index (χ2n) is 9.36. The van der Waals surface area contributed by atoms with Gasteiger partial charge in [0, 0.05) is 34.7 Å². The van der Waals surface area contributed by atoms with Crippen molar-refractivity contribution in [1.82, 2.24) is 14.8 Å². The maximum absolute atomic E-state index is 14.7. The van der Waals surface area contributed by atoms with Crippen molar-refractivity contribution in [1.29, 1.82) is 0 Å². The van der Waals surface area contributed by atoms with Crippen LogP contribution in [0.25, 0.3) is 5.69 Å². The Morgan fingerprint density at radius 1 is 0.974 bits per heavy atom. The largest absolute Gasteiger partial charge is 0.457 e. The second kappa shape index (κ2) is 10.8. The minimum atomic E-state index is -4.41. The van der Waals surface area contributed by atoms with Crippen molar-refractivity contribution in [2.45, 2.75) is 36.6 Å². The minimum absolute atomic E-state index is 0.0111. The minimum Gasteiger partial charge on any atom is -0.457 e. The predicted octanol–water partition coefficient (Wildman–Crippen LogP) is 7.33. The molecule has 0 saturated carbocycles. The molecular formula is C26H24F4N6O2S. The van der Waals surface area contributed by atoms with Crippen LogP contribution in [-0.2, 0) is 5.41 Å². The van der Waals surface area contributed by atoms with E-state index in [2.05, 4.69) is 20.7 Å². The summed E-state index contributed by atoms with van der Waals surface area (Å²) in [6.45, 7) is 5.77. The Morgan fingerprint density at radius 2 is 1.67 bits per heavy atom.